The Morgan fingerprint density at radius 3 is 2.20 bits per heavy atom. The van der Waals surface area contributed by atoms with Gasteiger partial charge in [0.2, 0.25) is 0 Å². The molecule has 0 heterocycles. The molecular weight excluding hydrogens is 384 g/mol. The molecule has 0 radical (unpaired) electrons. The molecule has 0 bridgehead atoms. The molecule has 30 heavy (non-hydrogen) atoms. The lowest BCUT2D eigenvalue weighted by Crippen LogP contribution is -2.18. The zero-order chi connectivity index (χ0) is 22.8. The van der Waals surface area contributed by atoms with Crippen LogP contribution in [0.4, 0.5) is 0 Å². The molecule has 0 saturated heterocycles. The first-order valence-corrected chi connectivity index (χ1v) is 9.82. The summed E-state index contributed by atoms with van der Waals surface area (Å²) in [5, 5.41) is 0. The fraction of sp³-hybridized carbons (Fsp3) is 0.375. The van der Waals surface area contributed by atoms with Gasteiger partial charge in [-0.3, -0.25) is 0 Å². The van der Waals surface area contributed by atoms with Gasteiger partial charge in [-0.1, -0.05) is 39.7 Å². The van der Waals surface area contributed by atoms with Crippen molar-refractivity contribution in [2.24, 2.45) is 0 Å². The lowest BCUT2D eigenvalue weighted by molar-refractivity contribution is -0.144. The average molecular weight is 414 g/mol. The number of rotatable bonds is 11. The van der Waals surface area contributed by atoms with Crippen molar-refractivity contribution in [2.45, 2.75) is 59.0 Å². The Balaban J connectivity index is 3.07. The number of carbonyl (C=O) groups is 3. The Bertz CT molecular complexity index is 836. The lowest BCUT2D eigenvalue weighted by Gasteiger charge is -2.21. The van der Waals surface area contributed by atoms with Crippen LogP contribution >= 0.6 is 0 Å². The van der Waals surface area contributed by atoms with Crippen molar-refractivity contribution in [3.8, 4) is 11.5 Å². The van der Waals surface area contributed by atoms with Gasteiger partial charge in [0, 0.05) is 17.7 Å². The van der Waals surface area contributed by atoms with Gasteiger partial charge < -0.3 is 14.2 Å². The Labute approximate surface area is 178 Å². The molecule has 0 saturated carbocycles. The van der Waals surface area contributed by atoms with E-state index in [1.54, 1.807) is 19.9 Å². The molecule has 0 aliphatic heterocycles. The van der Waals surface area contributed by atoms with E-state index in [2.05, 4.69) is 19.7 Å². The number of hydrogen-bond donors (Lipinski definition) is 0. The molecule has 0 N–H and O–H groups in total. The van der Waals surface area contributed by atoms with Crippen LogP contribution in [-0.4, -0.2) is 24.0 Å². The summed E-state index contributed by atoms with van der Waals surface area (Å²) in [6.45, 7) is 17.8. The van der Waals surface area contributed by atoms with E-state index in [1.165, 1.54) is 0 Å². The Morgan fingerprint density at radius 1 is 1.07 bits per heavy atom. The maximum absolute atomic E-state index is 11.8. The molecule has 6 nitrogen and oxygen atoms in total. The molecule has 0 aliphatic rings. The van der Waals surface area contributed by atoms with E-state index in [0.717, 1.165) is 24.1 Å². The quantitative estimate of drug-likeness (QED) is 0.289. The summed E-state index contributed by atoms with van der Waals surface area (Å²) >= 11 is 0. The fourth-order valence-electron chi connectivity index (χ4n) is 2.91. The van der Waals surface area contributed by atoms with Crippen LogP contribution in [-0.2, 0) is 19.1 Å². The molecule has 2 unspecified atom stereocenters. The zero-order valence-corrected chi connectivity index (χ0v) is 18.2. The number of carbonyl (C=O) groups excluding carboxylic acids is 3. The lowest BCUT2D eigenvalue weighted by atomic mass is 9.90. The first-order valence-electron chi connectivity index (χ1n) is 9.82. The van der Waals surface area contributed by atoms with Crippen LogP contribution in [0.15, 0.2) is 49.6 Å². The third-order valence-corrected chi connectivity index (χ3v) is 4.69. The second-order valence-electron chi connectivity index (χ2n) is 7.05. The Morgan fingerprint density at radius 2 is 1.67 bits per heavy atom. The van der Waals surface area contributed by atoms with E-state index >= 15 is 0 Å². The maximum atomic E-state index is 11.8. The Hall–Kier alpha value is -3.15. The highest BCUT2D eigenvalue weighted by atomic mass is 16.6. The summed E-state index contributed by atoms with van der Waals surface area (Å²) in [7, 11) is 0. The molecule has 6 heteroatoms. The van der Waals surface area contributed by atoms with Crippen LogP contribution in [0.1, 0.15) is 57.1 Å². The molecule has 0 aromatic heterocycles. The molecule has 1 rings (SSSR count). The maximum Gasteiger partial charge on any atom is 0.335 e. The van der Waals surface area contributed by atoms with Crippen LogP contribution in [0.2, 0.25) is 0 Å². The van der Waals surface area contributed by atoms with Crippen LogP contribution in [0.25, 0.3) is 0 Å². The van der Waals surface area contributed by atoms with Crippen molar-refractivity contribution in [3.63, 3.8) is 0 Å². The van der Waals surface area contributed by atoms with Crippen molar-refractivity contribution in [2.75, 3.05) is 0 Å². The fourth-order valence-corrected chi connectivity index (χ4v) is 2.91. The largest absolute Gasteiger partial charge is 0.459 e. The topological polar surface area (TPSA) is 78.9 Å². The highest BCUT2D eigenvalue weighted by molar-refractivity contribution is 5.87. The zero-order valence-electron chi connectivity index (χ0n) is 18.2. The second kappa shape index (κ2) is 11.8. The van der Waals surface area contributed by atoms with Gasteiger partial charge in [-0.25, -0.2) is 14.4 Å². The molecule has 162 valence electrons. The minimum absolute atomic E-state index is 0.0768. The predicted molar refractivity (Wildman–Crippen MR) is 115 cm³/mol. The minimum Gasteiger partial charge on any atom is -0.459 e. The summed E-state index contributed by atoms with van der Waals surface area (Å²) in [6, 6.07) is 3.42. The van der Waals surface area contributed by atoms with Crippen molar-refractivity contribution in [1.82, 2.24) is 0 Å². The van der Waals surface area contributed by atoms with Crippen LogP contribution in [0.3, 0.4) is 0 Å². The highest BCUT2D eigenvalue weighted by Crippen LogP contribution is 2.38. The summed E-state index contributed by atoms with van der Waals surface area (Å²) in [4.78, 5) is 35.2. The summed E-state index contributed by atoms with van der Waals surface area (Å²) in [5.41, 5.74) is 1.98. The van der Waals surface area contributed by atoms with E-state index in [9.17, 15) is 14.4 Å². The van der Waals surface area contributed by atoms with E-state index in [-0.39, 0.29) is 23.5 Å². The molecule has 0 fully saturated rings. The van der Waals surface area contributed by atoms with E-state index in [1.807, 2.05) is 19.9 Å². The molecule has 0 aliphatic carbocycles. The molecule has 0 spiro atoms. The molecular formula is C24H30O6. The van der Waals surface area contributed by atoms with Crippen molar-refractivity contribution in [3.05, 3.63) is 60.7 Å². The van der Waals surface area contributed by atoms with Crippen LogP contribution in [0, 0.1) is 6.92 Å². The van der Waals surface area contributed by atoms with Gasteiger partial charge >= 0.3 is 17.9 Å². The summed E-state index contributed by atoms with van der Waals surface area (Å²) in [6.07, 6.45) is 3.97. The Kier molecular flexibility index (Phi) is 9.75. The van der Waals surface area contributed by atoms with Crippen molar-refractivity contribution >= 4 is 17.9 Å². The molecule has 1 aromatic carbocycles. The van der Waals surface area contributed by atoms with E-state index in [0.29, 0.717) is 24.0 Å². The van der Waals surface area contributed by atoms with Gasteiger partial charge in [-0.05, 0) is 56.2 Å². The average Bonchev–Trinajstić information content (AvgIpc) is 2.72. The van der Waals surface area contributed by atoms with Crippen LogP contribution < -0.4 is 9.47 Å². The van der Waals surface area contributed by atoms with Gasteiger partial charge in [0.1, 0.15) is 6.10 Å². The van der Waals surface area contributed by atoms with Crippen molar-refractivity contribution < 1.29 is 28.6 Å². The third kappa shape index (κ3) is 7.03. The summed E-state index contributed by atoms with van der Waals surface area (Å²) in [5.74, 6) is -1.33. The van der Waals surface area contributed by atoms with E-state index in [4.69, 9.17) is 14.2 Å². The van der Waals surface area contributed by atoms with E-state index < -0.39 is 17.9 Å². The van der Waals surface area contributed by atoms with Gasteiger partial charge in [0.25, 0.3) is 0 Å². The standard InChI is InChI=1S/C24H30O6/c1-8-18(28-24(27)15(4)5)12-11-16(6)19-13-14-20(29-21(25)9-2)23(17(19)7)30-22(26)10-3/h9-10,13-14,16,18H,2-4,8,11-12H2,1,5-7H3. The molecule has 1 aromatic rings. The van der Waals surface area contributed by atoms with Gasteiger partial charge in [-0.2, -0.15) is 0 Å². The first-order chi connectivity index (χ1) is 14.1. The molecule has 0 amide bonds. The van der Waals surface area contributed by atoms with Gasteiger partial charge in [-0.15, -0.1) is 0 Å². The number of esters is 3. The number of ether oxygens (including phenoxy) is 3. The van der Waals surface area contributed by atoms with Crippen molar-refractivity contribution in [1.29, 1.82) is 0 Å². The molecule has 2 atom stereocenters. The highest BCUT2D eigenvalue weighted by Gasteiger charge is 2.21. The normalized spacial score (nSPS) is 12.3. The van der Waals surface area contributed by atoms with Gasteiger partial charge in [0.05, 0.1) is 0 Å². The SMILES string of the molecule is C=CC(=O)Oc1ccc(C(C)CCC(CC)OC(=O)C(=C)C)c(C)c1OC(=O)C=C. The van der Waals surface area contributed by atoms with Crippen LogP contribution in [0.5, 0.6) is 11.5 Å². The minimum atomic E-state index is -0.656. The number of hydrogen-bond acceptors (Lipinski definition) is 6. The second-order valence-corrected chi connectivity index (χ2v) is 7.05. The third-order valence-electron chi connectivity index (χ3n) is 4.69. The number of benzene rings is 1. The summed E-state index contributed by atoms with van der Waals surface area (Å²) < 4.78 is 16.0. The monoisotopic (exact) mass is 414 g/mol. The smallest absolute Gasteiger partial charge is 0.335 e. The first kappa shape index (κ1) is 24.9. The van der Waals surface area contributed by atoms with Gasteiger partial charge in [0.15, 0.2) is 11.5 Å². The predicted octanol–water partition coefficient (Wildman–Crippen LogP) is 4.96.